The fourth-order valence-electron chi connectivity index (χ4n) is 4.94. The number of para-hydroxylation sites is 1. The standard InChI is InChI=1S/C29H25ClN2O5/c1-36-28(34)20-13-11-19(12-14-20)27-26-22(21-9-5-6-10-23(21)31-26)15-24(32(27)25(33)16-30)29(35)37-17-18-7-3-2-4-8-18/h2-14,24,27,31H,15-17H2,1H3/t24-,27+/m1/s1. The molecule has 0 unspecified atom stereocenters. The molecule has 37 heavy (non-hydrogen) atoms. The molecule has 7 nitrogen and oxygen atoms in total. The minimum atomic E-state index is -0.882. The predicted molar refractivity (Wildman–Crippen MR) is 139 cm³/mol. The van der Waals surface area contributed by atoms with Gasteiger partial charge in [0, 0.05) is 23.0 Å². The number of carbonyl (C=O) groups is 3. The zero-order valence-electron chi connectivity index (χ0n) is 20.1. The van der Waals surface area contributed by atoms with Gasteiger partial charge in [-0.2, -0.15) is 0 Å². The maximum Gasteiger partial charge on any atom is 0.337 e. The second-order valence-corrected chi connectivity index (χ2v) is 9.09. The van der Waals surface area contributed by atoms with Gasteiger partial charge in [-0.05, 0) is 34.9 Å². The van der Waals surface area contributed by atoms with Crippen LogP contribution in [0.5, 0.6) is 0 Å². The maximum absolute atomic E-state index is 13.5. The summed E-state index contributed by atoms with van der Waals surface area (Å²) in [6.07, 6.45) is 0.284. The lowest BCUT2D eigenvalue weighted by atomic mass is 9.87. The average molecular weight is 517 g/mol. The summed E-state index contributed by atoms with van der Waals surface area (Å²) in [5, 5.41) is 0.979. The first-order valence-corrected chi connectivity index (χ1v) is 12.4. The number of aromatic nitrogens is 1. The maximum atomic E-state index is 13.5. The highest BCUT2D eigenvalue weighted by atomic mass is 35.5. The number of rotatable bonds is 6. The molecule has 2 heterocycles. The third-order valence-corrected chi connectivity index (χ3v) is 6.91. The minimum Gasteiger partial charge on any atom is -0.465 e. The lowest BCUT2D eigenvalue weighted by Gasteiger charge is -2.41. The van der Waals surface area contributed by atoms with Crippen molar-refractivity contribution < 1.29 is 23.9 Å². The van der Waals surface area contributed by atoms with Gasteiger partial charge in [0.1, 0.15) is 18.5 Å². The lowest BCUT2D eigenvalue weighted by molar-refractivity contribution is -0.157. The van der Waals surface area contributed by atoms with Crippen molar-refractivity contribution >= 4 is 40.3 Å². The quantitative estimate of drug-likeness (QED) is 0.294. The summed E-state index contributed by atoms with van der Waals surface area (Å²) in [5.74, 6) is -1.66. The number of halogens is 1. The van der Waals surface area contributed by atoms with Crippen LogP contribution in [-0.4, -0.2) is 46.8 Å². The van der Waals surface area contributed by atoms with E-state index in [9.17, 15) is 14.4 Å². The van der Waals surface area contributed by atoms with E-state index in [1.807, 2.05) is 54.6 Å². The number of hydrogen-bond donors (Lipinski definition) is 1. The molecule has 1 aliphatic rings. The van der Waals surface area contributed by atoms with E-state index in [1.165, 1.54) is 12.0 Å². The molecule has 0 fully saturated rings. The van der Waals surface area contributed by atoms with Crippen LogP contribution in [0.4, 0.5) is 0 Å². The van der Waals surface area contributed by atoms with Gasteiger partial charge in [0.15, 0.2) is 0 Å². The van der Waals surface area contributed by atoms with Crippen LogP contribution < -0.4 is 0 Å². The fraction of sp³-hybridized carbons (Fsp3) is 0.207. The molecule has 1 aromatic heterocycles. The monoisotopic (exact) mass is 516 g/mol. The number of alkyl halides is 1. The summed E-state index contributed by atoms with van der Waals surface area (Å²) >= 11 is 6.06. The molecule has 4 aromatic rings. The van der Waals surface area contributed by atoms with Gasteiger partial charge in [-0.1, -0.05) is 60.7 Å². The van der Waals surface area contributed by atoms with Gasteiger partial charge in [0.05, 0.1) is 18.7 Å². The highest BCUT2D eigenvalue weighted by molar-refractivity contribution is 6.27. The number of nitrogens with zero attached hydrogens (tertiary/aromatic N) is 1. The molecule has 0 saturated carbocycles. The van der Waals surface area contributed by atoms with Crippen molar-refractivity contribution in [2.45, 2.75) is 25.1 Å². The highest BCUT2D eigenvalue weighted by Gasteiger charge is 2.44. The largest absolute Gasteiger partial charge is 0.465 e. The van der Waals surface area contributed by atoms with Crippen LogP contribution in [-0.2, 0) is 32.1 Å². The fourth-order valence-corrected chi connectivity index (χ4v) is 5.08. The van der Waals surface area contributed by atoms with Crippen molar-refractivity contribution in [3.63, 3.8) is 0 Å². The Balaban J connectivity index is 1.59. The van der Waals surface area contributed by atoms with E-state index in [0.29, 0.717) is 5.56 Å². The Kier molecular flexibility index (Phi) is 6.97. The van der Waals surface area contributed by atoms with E-state index in [4.69, 9.17) is 21.1 Å². The molecule has 0 radical (unpaired) electrons. The predicted octanol–water partition coefficient (Wildman–Crippen LogP) is 4.78. The Hall–Kier alpha value is -4.10. The summed E-state index contributed by atoms with van der Waals surface area (Å²) in [6, 6.07) is 22.5. The van der Waals surface area contributed by atoms with Crippen molar-refractivity contribution in [2.75, 3.05) is 13.0 Å². The van der Waals surface area contributed by atoms with E-state index in [0.717, 1.165) is 33.3 Å². The molecule has 5 rings (SSSR count). The summed E-state index contributed by atoms with van der Waals surface area (Å²) in [7, 11) is 1.32. The molecule has 2 atom stereocenters. The molecular weight excluding hydrogens is 492 g/mol. The smallest absolute Gasteiger partial charge is 0.337 e. The number of carbonyl (C=O) groups excluding carboxylic acids is 3. The highest BCUT2D eigenvalue weighted by Crippen LogP contribution is 2.41. The number of fused-ring (bicyclic) bond motifs is 3. The van der Waals surface area contributed by atoms with Crippen molar-refractivity contribution in [3.05, 3.63) is 107 Å². The molecule has 1 aliphatic heterocycles. The van der Waals surface area contributed by atoms with Gasteiger partial charge < -0.3 is 19.4 Å². The Bertz CT molecular complexity index is 1450. The van der Waals surface area contributed by atoms with Crippen LogP contribution >= 0.6 is 11.6 Å². The molecule has 0 spiro atoms. The zero-order valence-corrected chi connectivity index (χ0v) is 20.9. The number of H-pyrrole nitrogens is 1. The third-order valence-electron chi connectivity index (χ3n) is 6.68. The van der Waals surface area contributed by atoms with E-state index in [1.54, 1.807) is 24.3 Å². The number of methoxy groups -OCH3 is 1. The Morgan fingerprint density at radius 2 is 1.68 bits per heavy atom. The molecule has 3 aromatic carbocycles. The van der Waals surface area contributed by atoms with Crippen LogP contribution in [0.2, 0.25) is 0 Å². The molecule has 1 amide bonds. The second-order valence-electron chi connectivity index (χ2n) is 8.83. The number of benzene rings is 3. The minimum absolute atomic E-state index is 0.0955. The van der Waals surface area contributed by atoms with Gasteiger partial charge >= 0.3 is 11.9 Å². The van der Waals surface area contributed by atoms with Crippen LogP contribution in [0.3, 0.4) is 0 Å². The molecule has 0 saturated heterocycles. The molecule has 8 heteroatoms. The number of hydrogen-bond acceptors (Lipinski definition) is 5. The van der Waals surface area contributed by atoms with Crippen LogP contribution in [0.1, 0.15) is 38.8 Å². The summed E-state index contributed by atoms with van der Waals surface area (Å²) < 4.78 is 10.5. The number of ether oxygens (including phenoxy) is 2. The van der Waals surface area contributed by atoms with E-state index in [2.05, 4.69) is 4.98 Å². The number of aromatic amines is 1. The second kappa shape index (κ2) is 10.5. The third kappa shape index (κ3) is 4.70. The summed E-state index contributed by atoms with van der Waals surface area (Å²) in [4.78, 5) is 43.7. The summed E-state index contributed by atoms with van der Waals surface area (Å²) in [5.41, 5.74) is 4.60. The van der Waals surface area contributed by atoms with Crippen LogP contribution in [0, 0.1) is 0 Å². The van der Waals surface area contributed by atoms with Crippen LogP contribution in [0.25, 0.3) is 10.9 Å². The van der Waals surface area contributed by atoms with E-state index in [-0.39, 0.29) is 18.9 Å². The first-order chi connectivity index (χ1) is 18.0. The zero-order chi connectivity index (χ0) is 25.9. The molecular formula is C29H25ClN2O5. The SMILES string of the molecule is COC(=O)c1ccc([C@H]2c3[nH]c4ccccc4c3C[C@H](C(=O)OCc3ccccc3)N2C(=O)CCl)cc1. The summed E-state index contributed by atoms with van der Waals surface area (Å²) in [6.45, 7) is 0.0955. The van der Waals surface area contributed by atoms with Gasteiger partial charge in [-0.25, -0.2) is 9.59 Å². The average Bonchev–Trinajstić information content (AvgIpc) is 3.33. The topological polar surface area (TPSA) is 88.7 Å². The normalized spacial score (nSPS) is 16.8. The van der Waals surface area contributed by atoms with Crippen LogP contribution in [0.15, 0.2) is 78.9 Å². The van der Waals surface area contributed by atoms with Crippen molar-refractivity contribution in [1.29, 1.82) is 0 Å². The van der Waals surface area contributed by atoms with Crippen molar-refractivity contribution in [3.8, 4) is 0 Å². The van der Waals surface area contributed by atoms with Crippen molar-refractivity contribution in [1.82, 2.24) is 9.88 Å². The molecule has 188 valence electrons. The first kappa shape index (κ1) is 24.6. The van der Waals surface area contributed by atoms with Crippen molar-refractivity contribution in [2.24, 2.45) is 0 Å². The lowest BCUT2D eigenvalue weighted by Crippen LogP contribution is -2.52. The van der Waals surface area contributed by atoms with Gasteiger partial charge in [-0.15, -0.1) is 11.6 Å². The van der Waals surface area contributed by atoms with Gasteiger partial charge in [0.2, 0.25) is 5.91 Å². The van der Waals surface area contributed by atoms with Gasteiger partial charge in [-0.3, -0.25) is 4.79 Å². The Labute approximate surface area is 218 Å². The Morgan fingerprint density at radius 3 is 2.38 bits per heavy atom. The molecule has 1 N–H and O–H groups in total. The number of nitrogens with one attached hydrogen (secondary N) is 1. The molecule has 0 bridgehead atoms. The van der Waals surface area contributed by atoms with Gasteiger partial charge in [0.25, 0.3) is 0 Å². The number of esters is 2. The van der Waals surface area contributed by atoms with E-state index >= 15 is 0 Å². The molecule has 0 aliphatic carbocycles. The Morgan fingerprint density at radius 1 is 0.973 bits per heavy atom. The van der Waals surface area contributed by atoms with E-state index < -0.39 is 29.9 Å². The number of amides is 1. The first-order valence-electron chi connectivity index (χ1n) is 11.9.